The van der Waals surface area contributed by atoms with Gasteiger partial charge in [-0.3, -0.25) is 9.78 Å². The number of carbonyl (C=O) groups excluding carboxylic acids is 1. The number of benzene rings is 1. The Morgan fingerprint density at radius 1 is 1.14 bits per heavy atom. The zero-order valence-electron chi connectivity index (χ0n) is 16.6. The molecule has 6 heteroatoms. The zero-order chi connectivity index (χ0) is 21.3. The predicted octanol–water partition coefficient (Wildman–Crippen LogP) is 7.43. The average Bonchev–Trinajstić information content (AvgIpc) is 2.69. The van der Waals surface area contributed by atoms with Crippen LogP contribution in [0.1, 0.15) is 39.0 Å². The van der Waals surface area contributed by atoms with Crippen LogP contribution in [-0.4, -0.2) is 10.9 Å². The van der Waals surface area contributed by atoms with Gasteiger partial charge in [-0.2, -0.15) is 0 Å². The van der Waals surface area contributed by atoms with Crippen LogP contribution in [-0.2, 0) is 20.7 Å². The van der Waals surface area contributed by atoms with E-state index in [1.807, 2.05) is 37.3 Å². The molecule has 3 rings (SSSR count). The van der Waals surface area contributed by atoms with Crippen molar-refractivity contribution >= 4 is 41.6 Å². The molecule has 2 aromatic rings. The van der Waals surface area contributed by atoms with E-state index in [1.54, 1.807) is 12.3 Å². The topological polar surface area (TPSA) is 42.0 Å². The molecule has 1 atom stereocenters. The summed E-state index contributed by atoms with van der Waals surface area (Å²) < 4.78 is 0. The number of halogens is 2. The van der Waals surface area contributed by atoms with Gasteiger partial charge in [0.1, 0.15) is 0 Å². The van der Waals surface area contributed by atoms with E-state index in [2.05, 4.69) is 41.2 Å². The molecule has 0 spiro atoms. The summed E-state index contributed by atoms with van der Waals surface area (Å²) in [5.74, 6) is -0.0884. The van der Waals surface area contributed by atoms with Crippen LogP contribution in [0, 0.1) is 5.92 Å². The number of amides is 1. The Bertz CT molecular complexity index is 777. The number of fused-ring (bicyclic) bond motifs is 1. The van der Waals surface area contributed by atoms with E-state index in [1.165, 1.54) is 25.7 Å². The van der Waals surface area contributed by atoms with Crippen LogP contribution in [0.3, 0.4) is 0 Å². The molecule has 1 aromatic heterocycles. The second kappa shape index (κ2) is 16.4. The Hall–Kier alpha value is -1.44. The monoisotopic (exact) mass is 524 g/mol. The minimum atomic E-state index is -0.106. The fourth-order valence-corrected chi connectivity index (χ4v) is 2.67. The maximum absolute atomic E-state index is 12.0. The number of pyridine rings is 1. The van der Waals surface area contributed by atoms with E-state index in [4.69, 9.17) is 19.1 Å². The normalized spacial score (nSPS) is 13.8. The minimum absolute atomic E-state index is 0.00643. The third-order valence-corrected chi connectivity index (χ3v) is 4.19. The molecule has 1 N–H and O–H groups in total. The van der Waals surface area contributed by atoms with Gasteiger partial charge in [0.15, 0.2) is 0 Å². The summed E-state index contributed by atoms with van der Waals surface area (Å²) in [6, 6.07) is 9.62. The van der Waals surface area contributed by atoms with Crippen molar-refractivity contribution in [3.63, 3.8) is 0 Å². The first-order valence-electron chi connectivity index (χ1n) is 9.51. The van der Waals surface area contributed by atoms with Crippen molar-refractivity contribution in [1.29, 1.82) is 0 Å². The number of para-hydroxylation sites is 1. The van der Waals surface area contributed by atoms with Crippen LogP contribution in [0.4, 0.5) is 5.69 Å². The van der Waals surface area contributed by atoms with Gasteiger partial charge in [0.05, 0.1) is 11.2 Å². The quantitative estimate of drug-likeness (QED) is 0.333. The van der Waals surface area contributed by atoms with Crippen LogP contribution < -0.4 is 5.32 Å². The predicted molar refractivity (Wildman–Crippen MR) is 123 cm³/mol. The summed E-state index contributed by atoms with van der Waals surface area (Å²) in [7, 11) is 9.63. The summed E-state index contributed by atoms with van der Waals surface area (Å²) in [5, 5.41) is 3.94. The van der Waals surface area contributed by atoms with Gasteiger partial charge in [0.2, 0.25) is 5.91 Å². The molecule has 0 radical (unpaired) electrons. The van der Waals surface area contributed by atoms with Crippen LogP contribution >= 0.6 is 19.1 Å². The first-order valence-corrected chi connectivity index (χ1v) is 13.5. The first kappa shape index (κ1) is 25.6. The van der Waals surface area contributed by atoms with Crippen molar-refractivity contribution in [3.05, 3.63) is 73.5 Å². The van der Waals surface area contributed by atoms with Crippen molar-refractivity contribution in [2.24, 2.45) is 5.92 Å². The third kappa shape index (κ3) is 10.8. The van der Waals surface area contributed by atoms with Crippen LogP contribution in [0.5, 0.6) is 0 Å². The van der Waals surface area contributed by atoms with E-state index in [0.717, 1.165) is 16.6 Å². The zero-order valence-corrected chi connectivity index (χ0v) is 19.7. The van der Waals surface area contributed by atoms with Gasteiger partial charge in [-0.1, -0.05) is 55.5 Å². The molecule has 1 heterocycles. The molecule has 29 heavy (non-hydrogen) atoms. The molecule has 0 fully saturated rings. The van der Waals surface area contributed by atoms with Crippen molar-refractivity contribution in [1.82, 2.24) is 4.98 Å². The number of anilines is 1. The number of hydrogen-bond donors (Lipinski definition) is 1. The summed E-state index contributed by atoms with van der Waals surface area (Å²) in [4.78, 5) is 16.3. The van der Waals surface area contributed by atoms with Crippen molar-refractivity contribution < 1.29 is 20.7 Å². The second-order valence-electron chi connectivity index (χ2n) is 6.44. The first-order chi connectivity index (χ1) is 14.1. The van der Waals surface area contributed by atoms with Gasteiger partial charge in [-0.25, -0.2) is 0 Å². The molecular formula is C23H28Cl2N2OPd. The Morgan fingerprint density at radius 2 is 1.69 bits per heavy atom. The number of nitrogens with zero attached hydrogens (tertiary/aromatic N) is 1. The van der Waals surface area contributed by atoms with Crippen molar-refractivity contribution in [2.45, 2.75) is 39.0 Å². The summed E-state index contributed by atoms with van der Waals surface area (Å²) in [6.45, 7) is 5.53. The summed E-state index contributed by atoms with van der Waals surface area (Å²) >= 11 is -0.106. The van der Waals surface area contributed by atoms with E-state index in [-0.39, 0.29) is 27.8 Å². The Morgan fingerprint density at radius 3 is 2.24 bits per heavy atom. The van der Waals surface area contributed by atoms with Gasteiger partial charge < -0.3 is 5.32 Å². The summed E-state index contributed by atoms with van der Waals surface area (Å²) in [5.41, 5.74) is 1.58. The number of nitrogens with one attached hydrogen (secondary N) is 1. The number of rotatable bonds is 4. The molecule has 0 saturated carbocycles. The van der Waals surface area contributed by atoms with Crippen molar-refractivity contribution in [3.8, 4) is 0 Å². The average molecular weight is 526 g/mol. The number of aromatic nitrogens is 1. The molecule has 1 aliphatic rings. The number of hydrogen-bond acceptors (Lipinski definition) is 2. The van der Waals surface area contributed by atoms with Gasteiger partial charge in [-0.05, 0) is 44.2 Å². The van der Waals surface area contributed by atoms with Crippen molar-refractivity contribution in [2.75, 3.05) is 5.32 Å². The molecular weight excluding hydrogens is 498 g/mol. The fourth-order valence-electron chi connectivity index (χ4n) is 2.67. The number of allylic oxidation sites excluding steroid dienone is 5. The van der Waals surface area contributed by atoms with E-state index in [0.29, 0.717) is 6.42 Å². The molecule has 1 aliphatic carbocycles. The number of carbonyl (C=O) groups is 1. The fraction of sp³-hybridized carbons (Fsp3) is 0.304. The maximum atomic E-state index is 12.0. The van der Waals surface area contributed by atoms with Crippen LogP contribution in [0.25, 0.3) is 10.9 Å². The summed E-state index contributed by atoms with van der Waals surface area (Å²) in [6.07, 6.45) is 18.2. The molecule has 0 aliphatic heterocycles. The molecule has 0 bridgehead atoms. The van der Waals surface area contributed by atoms with Crippen LogP contribution in [0.2, 0.25) is 0 Å². The van der Waals surface area contributed by atoms with E-state index < -0.39 is 0 Å². The van der Waals surface area contributed by atoms with E-state index >= 15 is 0 Å². The molecule has 3 nitrogen and oxygen atoms in total. The van der Waals surface area contributed by atoms with Gasteiger partial charge in [0, 0.05) is 17.5 Å². The molecule has 160 valence electrons. The standard InChI is InChI=1S/C15H16N2O.C8H12.2ClH.Pd/c1-3-6-11(2)15(18)17-13-9-4-7-12-8-5-10-16-14(12)13;1-2-4-6-8-7-5-3-1;;;/h3-5,7-11H,1,6H2,2H3,(H,17,18);1-2,7-8H,3-6H2;2*1H;/q;;;;+2/p-2. The van der Waals surface area contributed by atoms with Crippen LogP contribution in [0.15, 0.2) is 73.5 Å². The Balaban J connectivity index is 0.000000317. The van der Waals surface area contributed by atoms with Gasteiger partial charge in [-0.15, -0.1) is 6.58 Å². The molecule has 1 amide bonds. The van der Waals surface area contributed by atoms with Gasteiger partial charge in [0.25, 0.3) is 0 Å². The molecule has 1 aromatic carbocycles. The SMILES string of the molecule is C1=CCCC=CCC1.C=CCC(C)C(=O)Nc1cccc2cccnc12.[Cl][Pd][Cl]. The molecule has 1 unspecified atom stereocenters. The van der Waals surface area contributed by atoms with E-state index in [9.17, 15) is 4.79 Å². The van der Waals surface area contributed by atoms with Gasteiger partial charge >= 0.3 is 35.0 Å². The third-order valence-electron chi connectivity index (χ3n) is 4.19. The molecule has 0 saturated heterocycles. The Kier molecular flexibility index (Phi) is 14.4. The second-order valence-corrected chi connectivity index (χ2v) is 8.80. The Labute approximate surface area is 190 Å².